The lowest BCUT2D eigenvalue weighted by Crippen LogP contribution is -2.29. The van der Waals surface area contributed by atoms with E-state index in [4.69, 9.17) is 4.74 Å². The Morgan fingerprint density at radius 1 is 1.67 bits per heavy atom. The minimum absolute atomic E-state index is 0.0916. The predicted molar refractivity (Wildman–Crippen MR) is 57.6 cm³/mol. The van der Waals surface area contributed by atoms with Gasteiger partial charge in [-0.2, -0.15) is 0 Å². The number of nitrogens with zero attached hydrogens (tertiary/aromatic N) is 1. The molecule has 1 atom stereocenters. The summed E-state index contributed by atoms with van der Waals surface area (Å²) in [6.07, 6.45) is 3.20. The van der Waals surface area contributed by atoms with Gasteiger partial charge >= 0.3 is 0 Å². The van der Waals surface area contributed by atoms with E-state index in [0.29, 0.717) is 24.6 Å². The number of aromatic nitrogens is 1. The predicted octanol–water partition coefficient (Wildman–Crippen LogP) is 1.09. The van der Waals surface area contributed by atoms with Crippen molar-refractivity contribution in [2.75, 3.05) is 20.3 Å². The average molecular weight is 208 g/mol. The molecule has 0 aliphatic carbocycles. The topological polar surface area (TPSA) is 51.2 Å². The van der Waals surface area contributed by atoms with Gasteiger partial charge in [0, 0.05) is 26.0 Å². The van der Waals surface area contributed by atoms with Crippen LogP contribution in [-0.4, -0.2) is 31.2 Å². The van der Waals surface area contributed by atoms with Crippen molar-refractivity contribution in [3.05, 3.63) is 30.1 Å². The number of methoxy groups -OCH3 is 1. The minimum atomic E-state index is -0.0916. The number of nitrogens with one attached hydrogen (secondary N) is 1. The highest BCUT2D eigenvalue weighted by molar-refractivity contribution is 5.93. The zero-order chi connectivity index (χ0) is 11.1. The number of rotatable bonds is 5. The largest absolute Gasteiger partial charge is 0.384 e. The molecule has 0 saturated carbocycles. The summed E-state index contributed by atoms with van der Waals surface area (Å²) >= 11 is 0. The first-order chi connectivity index (χ1) is 7.24. The van der Waals surface area contributed by atoms with Crippen molar-refractivity contribution in [3.63, 3.8) is 0 Å². The second-order valence-corrected chi connectivity index (χ2v) is 3.51. The van der Waals surface area contributed by atoms with Crippen LogP contribution in [0.3, 0.4) is 0 Å². The third-order valence-electron chi connectivity index (χ3n) is 1.99. The maximum Gasteiger partial charge on any atom is 0.252 e. The third-order valence-corrected chi connectivity index (χ3v) is 1.99. The average Bonchev–Trinajstić information content (AvgIpc) is 2.27. The molecule has 0 radical (unpaired) electrons. The molecule has 0 fully saturated rings. The zero-order valence-electron chi connectivity index (χ0n) is 9.06. The van der Waals surface area contributed by atoms with E-state index in [1.807, 2.05) is 6.92 Å². The number of carbonyl (C=O) groups excluding carboxylic acids is 1. The van der Waals surface area contributed by atoms with Gasteiger partial charge in [-0.1, -0.05) is 6.92 Å². The highest BCUT2D eigenvalue weighted by atomic mass is 16.5. The summed E-state index contributed by atoms with van der Waals surface area (Å²) < 4.78 is 4.98. The van der Waals surface area contributed by atoms with Gasteiger partial charge in [-0.05, 0) is 18.1 Å². The molecule has 1 N–H and O–H groups in total. The number of carbonyl (C=O) groups is 1. The summed E-state index contributed by atoms with van der Waals surface area (Å²) in [5.74, 6) is 0.224. The molecule has 1 aromatic heterocycles. The minimum Gasteiger partial charge on any atom is -0.384 e. The molecule has 1 heterocycles. The lowest BCUT2D eigenvalue weighted by Gasteiger charge is -2.11. The van der Waals surface area contributed by atoms with Crippen LogP contribution in [0, 0.1) is 5.92 Å². The maximum absolute atomic E-state index is 11.6. The normalized spacial score (nSPS) is 12.1. The summed E-state index contributed by atoms with van der Waals surface area (Å²) in [6.45, 7) is 3.28. The quantitative estimate of drug-likeness (QED) is 0.788. The molecule has 0 saturated heterocycles. The fourth-order valence-corrected chi connectivity index (χ4v) is 1.21. The molecule has 1 aromatic rings. The van der Waals surface area contributed by atoms with Crippen molar-refractivity contribution < 1.29 is 9.53 Å². The van der Waals surface area contributed by atoms with Crippen LogP contribution in [0.25, 0.3) is 0 Å². The monoisotopic (exact) mass is 208 g/mol. The van der Waals surface area contributed by atoms with Crippen molar-refractivity contribution in [3.8, 4) is 0 Å². The van der Waals surface area contributed by atoms with E-state index in [1.165, 1.54) is 0 Å². The van der Waals surface area contributed by atoms with Crippen molar-refractivity contribution in [2.24, 2.45) is 5.92 Å². The van der Waals surface area contributed by atoms with E-state index in [-0.39, 0.29) is 5.91 Å². The molecule has 0 spiro atoms. The number of pyridine rings is 1. The first-order valence-electron chi connectivity index (χ1n) is 4.91. The first-order valence-corrected chi connectivity index (χ1v) is 4.91. The summed E-state index contributed by atoms with van der Waals surface area (Å²) in [6, 6.07) is 3.48. The standard InChI is InChI=1S/C11H16N2O2/c1-9(8-15-2)6-13-11(14)10-4-3-5-12-7-10/h3-5,7,9H,6,8H2,1-2H3,(H,13,14). The van der Waals surface area contributed by atoms with Gasteiger partial charge < -0.3 is 10.1 Å². The molecule has 4 nitrogen and oxygen atoms in total. The zero-order valence-corrected chi connectivity index (χ0v) is 9.06. The second kappa shape index (κ2) is 6.14. The summed E-state index contributed by atoms with van der Waals surface area (Å²) in [4.78, 5) is 15.4. The summed E-state index contributed by atoms with van der Waals surface area (Å²) in [7, 11) is 1.65. The van der Waals surface area contributed by atoms with Crippen molar-refractivity contribution in [2.45, 2.75) is 6.92 Å². The van der Waals surface area contributed by atoms with Crippen molar-refractivity contribution >= 4 is 5.91 Å². The van der Waals surface area contributed by atoms with Gasteiger partial charge in [-0.3, -0.25) is 9.78 Å². The molecule has 1 unspecified atom stereocenters. The van der Waals surface area contributed by atoms with Gasteiger partial charge in [0.05, 0.1) is 12.2 Å². The molecule has 1 amide bonds. The summed E-state index contributed by atoms with van der Waals surface area (Å²) in [5, 5.41) is 2.82. The van der Waals surface area contributed by atoms with Gasteiger partial charge in [0.1, 0.15) is 0 Å². The van der Waals surface area contributed by atoms with Crippen molar-refractivity contribution in [1.82, 2.24) is 10.3 Å². The first kappa shape index (κ1) is 11.7. The number of amides is 1. The Kier molecular flexibility index (Phi) is 4.77. The molecular weight excluding hydrogens is 192 g/mol. The highest BCUT2D eigenvalue weighted by Crippen LogP contribution is 1.97. The molecule has 0 aliphatic rings. The molecule has 4 heteroatoms. The van der Waals surface area contributed by atoms with Gasteiger partial charge in [0.15, 0.2) is 0 Å². The third kappa shape index (κ3) is 4.08. The van der Waals surface area contributed by atoms with Crippen molar-refractivity contribution in [1.29, 1.82) is 0 Å². The highest BCUT2D eigenvalue weighted by Gasteiger charge is 2.06. The van der Waals surface area contributed by atoms with E-state index in [9.17, 15) is 4.79 Å². The van der Waals surface area contributed by atoms with E-state index in [1.54, 1.807) is 31.6 Å². The van der Waals surface area contributed by atoms with Crippen LogP contribution in [-0.2, 0) is 4.74 Å². The molecule has 0 aromatic carbocycles. The van der Waals surface area contributed by atoms with Gasteiger partial charge in [0.25, 0.3) is 5.91 Å². The molecule has 1 rings (SSSR count). The molecule has 0 bridgehead atoms. The Morgan fingerprint density at radius 3 is 3.07 bits per heavy atom. The van der Waals surface area contributed by atoms with Crippen LogP contribution >= 0.6 is 0 Å². The molecule has 82 valence electrons. The SMILES string of the molecule is COCC(C)CNC(=O)c1cccnc1. The van der Waals surface area contributed by atoms with Crippen LogP contribution in [0.5, 0.6) is 0 Å². The number of hydrogen-bond donors (Lipinski definition) is 1. The van der Waals surface area contributed by atoms with Gasteiger partial charge in [-0.15, -0.1) is 0 Å². The Balaban J connectivity index is 2.37. The van der Waals surface area contributed by atoms with E-state index in [0.717, 1.165) is 0 Å². The van der Waals surface area contributed by atoms with E-state index < -0.39 is 0 Å². The number of ether oxygens (including phenoxy) is 1. The van der Waals surface area contributed by atoms with Gasteiger partial charge in [0.2, 0.25) is 0 Å². The smallest absolute Gasteiger partial charge is 0.252 e. The maximum atomic E-state index is 11.6. The van der Waals surface area contributed by atoms with Crippen LogP contribution in [0.2, 0.25) is 0 Å². The van der Waals surface area contributed by atoms with E-state index >= 15 is 0 Å². The van der Waals surface area contributed by atoms with Crippen LogP contribution in [0.15, 0.2) is 24.5 Å². The molecular formula is C11H16N2O2. The fourth-order valence-electron chi connectivity index (χ4n) is 1.21. The van der Waals surface area contributed by atoms with Crippen LogP contribution < -0.4 is 5.32 Å². The Hall–Kier alpha value is -1.42. The lowest BCUT2D eigenvalue weighted by molar-refractivity contribution is 0.0933. The van der Waals surface area contributed by atoms with Gasteiger partial charge in [-0.25, -0.2) is 0 Å². The Labute approximate surface area is 89.7 Å². The van der Waals surface area contributed by atoms with Crippen LogP contribution in [0.1, 0.15) is 17.3 Å². The fraction of sp³-hybridized carbons (Fsp3) is 0.455. The number of hydrogen-bond acceptors (Lipinski definition) is 3. The lowest BCUT2D eigenvalue weighted by atomic mass is 10.2. The summed E-state index contributed by atoms with van der Waals surface area (Å²) in [5.41, 5.74) is 0.585. The Morgan fingerprint density at radius 2 is 2.47 bits per heavy atom. The second-order valence-electron chi connectivity index (χ2n) is 3.51. The van der Waals surface area contributed by atoms with E-state index in [2.05, 4.69) is 10.3 Å². The molecule has 15 heavy (non-hydrogen) atoms. The Bertz CT molecular complexity index is 301. The van der Waals surface area contributed by atoms with Crippen LogP contribution in [0.4, 0.5) is 0 Å². The molecule has 0 aliphatic heterocycles.